The molecule has 0 radical (unpaired) electrons. The van der Waals surface area contributed by atoms with Crippen LogP contribution >= 0.6 is 11.8 Å². The first-order chi connectivity index (χ1) is 8.85. The molecule has 0 aromatic heterocycles. The number of hydrogen-bond donors (Lipinski definition) is 0. The summed E-state index contributed by atoms with van der Waals surface area (Å²) < 4.78 is 11.0. The van der Waals surface area contributed by atoms with E-state index in [1.165, 1.54) is 51.4 Å². The van der Waals surface area contributed by atoms with Crippen LogP contribution in [-0.4, -0.2) is 38.4 Å². The van der Waals surface area contributed by atoms with Crippen molar-refractivity contribution in [2.24, 2.45) is 0 Å². The third-order valence-corrected chi connectivity index (χ3v) is 3.76. The summed E-state index contributed by atoms with van der Waals surface area (Å²) >= 11 is 1.82. The standard InChI is InChI=1S/C15H32O2S/c1-4-5-6-7-8-9-10-11-12-17-15(13-16-2)14-18-3/h15H,4-14H2,1-3H3. The monoisotopic (exact) mass is 276 g/mol. The lowest BCUT2D eigenvalue weighted by Crippen LogP contribution is -2.22. The molecule has 0 rings (SSSR count). The molecule has 0 bridgehead atoms. The van der Waals surface area contributed by atoms with Gasteiger partial charge in [0.1, 0.15) is 0 Å². The summed E-state index contributed by atoms with van der Waals surface area (Å²) in [6, 6.07) is 0. The van der Waals surface area contributed by atoms with E-state index in [4.69, 9.17) is 9.47 Å². The van der Waals surface area contributed by atoms with Crippen molar-refractivity contribution in [3.8, 4) is 0 Å². The van der Waals surface area contributed by atoms with Crippen molar-refractivity contribution in [2.45, 2.75) is 64.4 Å². The molecule has 0 saturated heterocycles. The molecule has 0 amide bonds. The topological polar surface area (TPSA) is 18.5 Å². The molecule has 1 unspecified atom stereocenters. The minimum atomic E-state index is 0.273. The van der Waals surface area contributed by atoms with Gasteiger partial charge >= 0.3 is 0 Å². The van der Waals surface area contributed by atoms with Gasteiger partial charge < -0.3 is 9.47 Å². The predicted molar refractivity (Wildman–Crippen MR) is 82.6 cm³/mol. The molecule has 0 aromatic carbocycles. The van der Waals surface area contributed by atoms with E-state index in [2.05, 4.69) is 13.2 Å². The number of ether oxygens (including phenoxy) is 2. The number of rotatable bonds is 14. The number of unbranched alkanes of at least 4 members (excludes halogenated alkanes) is 7. The van der Waals surface area contributed by atoms with E-state index in [0.717, 1.165) is 19.0 Å². The van der Waals surface area contributed by atoms with Gasteiger partial charge in [-0.05, 0) is 12.7 Å². The molecule has 0 heterocycles. The Hall–Kier alpha value is 0.270. The van der Waals surface area contributed by atoms with Gasteiger partial charge in [0.25, 0.3) is 0 Å². The molecule has 0 spiro atoms. The van der Waals surface area contributed by atoms with E-state index in [1.807, 2.05) is 11.8 Å². The second-order valence-corrected chi connectivity index (χ2v) is 5.79. The largest absolute Gasteiger partial charge is 0.382 e. The second-order valence-electron chi connectivity index (χ2n) is 4.88. The molecule has 0 aliphatic rings. The Morgan fingerprint density at radius 1 is 0.944 bits per heavy atom. The van der Waals surface area contributed by atoms with Gasteiger partial charge in [0.15, 0.2) is 0 Å². The molecule has 110 valence electrons. The molecular weight excluding hydrogens is 244 g/mol. The lowest BCUT2D eigenvalue weighted by atomic mass is 10.1. The first kappa shape index (κ1) is 18.3. The van der Waals surface area contributed by atoms with Crippen molar-refractivity contribution in [3.05, 3.63) is 0 Å². The van der Waals surface area contributed by atoms with E-state index in [-0.39, 0.29) is 6.10 Å². The SMILES string of the molecule is CCCCCCCCCCOC(COC)CSC. The Bertz CT molecular complexity index is 147. The Morgan fingerprint density at radius 3 is 2.11 bits per heavy atom. The molecule has 0 aliphatic carbocycles. The molecule has 0 aliphatic heterocycles. The molecular formula is C15H32O2S. The fraction of sp³-hybridized carbons (Fsp3) is 1.00. The summed E-state index contributed by atoms with van der Waals surface area (Å²) in [6.07, 6.45) is 13.2. The number of thioether (sulfide) groups is 1. The van der Waals surface area contributed by atoms with Crippen LogP contribution in [0.15, 0.2) is 0 Å². The van der Waals surface area contributed by atoms with Crippen LogP contribution in [0.5, 0.6) is 0 Å². The molecule has 1 atom stereocenters. The van der Waals surface area contributed by atoms with E-state index >= 15 is 0 Å². The Kier molecular flexibility index (Phi) is 15.6. The van der Waals surface area contributed by atoms with E-state index in [1.54, 1.807) is 7.11 Å². The molecule has 0 N–H and O–H groups in total. The van der Waals surface area contributed by atoms with Crippen molar-refractivity contribution in [2.75, 3.05) is 32.3 Å². The zero-order valence-corrected chi connectivity index (χ0v) is 13.4. The highest BCUT2D eigenvalue weighted by molar-refractivity contribution is 7.98. The third kappa shape index (κ3) is 12.7. The van der Waals surface area contributed by atoms with Gasteiger partial charge in [0.05, 0.1) is 12.7 Å². The normalized spacial score (nSPS) is 12.8. The molecule has 0 fully saturated rings. The van der Waals surface area contributed by atoms with Crippen LogP contribution in [0.1, 0.15) is 58.3 Å². The summed E-state index contributed by atoms with van der Waals surface area (Å²) in [5.41, 5.74) is 0. The van der Waals surface area contributed by atoms with Crippen LogP contribution in [0.2, 0.25) is 0 Å². The van der Waals surface area contributed by atoms with Gasteiger partial charge in [-0.1, -0.05) is 51.9 Å². The van der Waals surface area contributed by atoms with Gasteiger partial charge in [-0.15, -0.1) is 0 Å². The second kappa shape index (κ2) is 15.3. The summed E-state index contributed by atoms with van der Waals surface area (Å²) in [5, 5.41) is 0. The summed E-state index contributed by atoms with van der Waals surface area (Å²) in [6.45, 7) is 3.88. The van der Waals surface area contributed by atoms with Crippen LogP contribution in [0.25, 0.3) is 0 Å². The van der Waals surface area contributed by atoms with E-state index < -0.39 is 0 Å². The van der Waals surface area contributed by atoms with Crippen molar-refractivity contribution in [1.29, 1.82) is 0 Å². The zero-order chi connectivity index (χ0) is 13.5. The van der Waals surface area contributed by atoms with Crippen LogP contribution < -0.4 is 0 Å². The van der Waals surface area contributed by atoms with Gasteiger partial charge in [0, 0.05) is 19.5 Å². The maximum absolute atomic E-state index is 5.82. The molecule has 0 aromatic rings. The molecule has 0 saturated carbocycles. The van der Waals surface area contributed by atoms with Crippen LogP contribution in [-0.2, 0) is 9.47 Å². The first-order valence-corrected chi connectivity index (χ1v) is 8.84. The summed E-state index contributed by atoms with van der Waals surface area (Å²) in [5.74, 6) is 1.03. The van der Waals surface area contributed by atoms with Gasteiger partial charge in [-0.2, -0.15) is 11.8 Å². The number of methoxy groups -OCH3 is 1. The van der Waals surface area contributed by atoms with Gasteiger partial charge in [-0.25, -0.2) is 0 Å². The summed E-state index contributed by atoms with van der Waals surface area (Å²) in [7, 11) is 1.74. The Labute approximate surface area is 118 Å². The quantitative estimate of drug-likeness (QED) is 0.435. The van der Waals surface area contributed by atoms with Crippen molar-refractivity contribution in [3.63, 3.8) is 0 Å². The first-order valence-electron chi connectivity index (χ1n) is 7.44. The third-order valence-electron chi connectivity index (χ3n) is 3.06. The van der Waals surface area contributed by atoms with Crippen molar-refractivity contribution < 1.29 is 9.47 Å². The molecule has 3 heteroatoms. The smallest absolute Gasteiger partial charge is 0.0898 e. The lowest BCUT2D eigenvalue weighted by Gasteiger charge is -2.15. The molecule has 18 heavy (non-hydrogen) atoms. The van der Waals surface area contributed by atoms with Crippen molar-refractivity contribution in [1.82, 2.24) is 0 Å². The highest BCUT2D eigenvalue weighted by Crippen LogP contribution is 2.09. The van der Waals surface area contributed by atoms with E-state index in [0.29, 0.717) is 0 Å². The Balaban J connectivity index is 3.21. The lowest BCUT2D eigenvalue weighted by molar-refractivity contribution is 0.0104. The minimum Gasteiger partial charge on any atom is -0.382 e. The minimum absolute atomic E-state index is 0.273. The maximum atomic E-state index is 5.82. The highest BCUT2D eigenvalue weighted by atomic mass is 32.2. The van der Waals surface area contributed by atoms with Gasteiger partial charge in [0.2, 0.25) is 0 Å². The number of hydrogen-bond acceptors (Lipinski definition) is 3. The highest BCUT2D eigenvalue weighted by Gasteiger charge is 2.07. The average molecular weight is 276 g/mol. The fourth-order valence-corrected chi connectivity index (χ4v) is 2.57. The van der Waals surface area contributed by atoms with Crippen LogP contribution in [0.3, 0.4) is 0 Å². The van der Waals surface area contributed by atoms with Crippen molar-refractivity contribution >= 4 is 11.8 Å². The van der Waals surface area contributed by atoms with Gasteiger partial charge in [-0.3, -0.25) is 0 Å². The van der Waals surface area contributed by atoms with E-state index in [9.17, 15) is 0 Å². The average Bonchev–Trinajstić information content (AvgIpc) is 2.37. The fourth-order valence-electron chi connectivity index (χ4n) is 2.00. The zero-order valence-electron chi connectivity index (χ0n) is 12.6. The predicted octanol–water partition coefficient (Wildman–Crippen LogP) is 4.52. The summed E-state index contributed by atoms with van der Waals surface area (Å²) in [4.78, 5) is 0. The van der Waals surface area contributed by atoms with Crippen LogP contribution in [0, 0.1) is 0 Å². The molecule has 2 nitrogen and oxygen atoms in total. The van der Waals surface area contributed by atoms with Crippen LogP contribution in [0.4, 0.5) is 0 Å². The maximum Gasteiger partial charge on any atom is 0.0898 e. The Morgan fingerprint density at radius 2 is 1.56 bits per heavy atom.